The van der Waals surface area contributed by atoms with Crippen LogP contribution in [0.25, 0.3) is 0 Å². The number of aryl methyl sites for hydroxylation is 1. The summed E-state index contributed by atoms with van der Waals surface area (Å²) < 4.78 is 10.3. The third kappa shape index (κ3) is 4.33. The first-order valence-corrected chi connectivity index (χ1v) is 8.52. The van der Waals surface area contributed by atoms with Crippen molar-refractivity contribution in [2.45, 2.75) is 13.3 Å². The number of rotatable bonds is 6. The van der Waals surface area contributed by atoms with Gasteiger partial charge < -0.3 is 14.5 Å². The molecule has 1 N–H and O–H groups in total. The first kappa shape index (κ1) is 16.9. The second-order valence-corrected chi connectivity index (χ2v) is 6.19. The Balaban J connectivity index is 1.52. The molecular weight excluding hydrogens is 340 g/mol. The van der Waals surface area contributed by atoms with Crippen molar-refractivity contribution < 1.29 is 18.7 Å². The molecule has 7 heteroatoms. The molecule has 25 heavy (non-hydrogen) atoms. The molecule has 0 radical (unpaired) electrons. The third-order valence-electron chi connectivity index (χ3n) is 3.53. The standard InChI is InChI=1S/C18H16N2O4S/c1-12-16(25-11-19-12)8-10-24-18(22)13-4-6-14(7-5-13)20-17(21)15-3-2-9-23-15/h2-7,9,11H,8,10H2,1H3,(H,20,21). The van der Waals surface area contributed by atoms with Gasteiger partial charge in [-0.25, -0.2) is 9.78 Å². The van der Waals surface area contributed by atoms with Gasteiger partial charge in [0.1, 0.15) is 0 Å². The number of hydrogen-bond donors (Lipinski definition) is 1. The fourth-order valence-corrected chi connectivity index (χ4v) is 2.94. The lowest BCUT2D eigenvalue weighted by Crippen LogP contribution is -2.11. The topological polar surface area (TPSA) is 81.4 Å². The molecule has 2 heterocycles. The van der Waals surface area contributed by atoms with E-state index in [2.05, 4.69) is 10.3 Å². The first-order chi connectivity index (χ1) is 12.1. The fourth-order valence-electron chi connectivity index (χ4n) is 2.18. The van der Waals surface area contributed by atoms with Crippen molar-refractivity contribution >= 4 is 28.9 Å². The van der Waals surface area contributed by atoms with E-state index in [0.717, 1.165) is 10.6 Å². The van der Waals surface area contributed by atoms with Crippen molar-refractivity contribution in [3.05, 3.63) is 70.1 Å². The number of ether oxygens (including phenoxy) is 1. The molecular formula is C18H16N2O4S. The number of hydrogen-bond acceptors (Lipinski definition) is 6. The highest BCUT2D eigenvalue weighted by Gasteiger charge is 2.11. The van der Waals surface area contributed by atoms with Gasteiger partial charge in [0.05, 0.1) is 29.6 Å². The quantitative estimate of drug-likeness (QED) is 0.681. The minimum atomic E-state index is -0.397. The molecule has 0 aliphatic heterocycles. The van der Waals surface area contributed by atoms with Gasteiger partial charge >= 0.3 is 5.97 Å². The number of nitrogens with one attached hydrogen (secondary N) is 1. The number of aromatic nitrogens is 1. The molecule has 1 amide bonds. The third-order valence-corrected chi connectivity index (χ3v) is 4.53. The summed E-state index contributed by atoms with van der Waals surface area (Å²) in [6.07, 6.45) is 2.08. The monoisotopic (exact) mass is 356 g/mol. The summed E-state index contributed by atoms with van der Waals surface area (Å²) >= 11 is 1.55. The van der Waals surface area contributed by atoms with Crippen molar-refractivity contribution in [2.75, 3.05) is 11.9 Å². The van der Waals surface area contributed by atoms with Crippen LogP contribution < -0.4 is 5.32 Å². The highest BCUT2D eigenvalue weighted by atomic mass is 32.1. The van der Waals surface area contributed by atoms with E-state index in [-0.39, 0.29) is 11.7 Å². The molecule has 1 aromatic carbocycles. The summed E-state index contributed by atoms with van der Waals surface area (Å²) in [6, 6.07) is 9.72. The van der Waals surface area contributed by atoms with Gasteiger partial charge in [0.25, 0.3) is 5.91 Å². The number of thiazole rings is 1. The lowest BCUT2D eigenvalue weighted by molar-refractivity contribution is 0.0509. The Bertz CT molecular complexity index is 854. The lowest BCUT2D eigenvalue weighted by Gasteiger charge is -2.06. The highest BCUT2D eigenvalue weighted by Crippen LogP contribution is 2.15. The van der Waals surface area contributed by atoms with Gasteiger partial charge in [-0.3, -0.25) is 4.79 Å². The Morgan fingerprint density at radius 2 is 2.04 bits per heavy atom. The molecule has 3 aromatic rings. The van der Waals surface area contributed by atoms with E-state index in [4.69, 9.17) is 9.15 Å². The largest absolute Gasteiger partial charge is 0.462 e. The van der Waals surface area contributed by atoms with Gasteiger partial charge in [-0.05, 0) is 43.3 Å². The van der Waals surface area contributed by atoms with Crippen LogP contribution in [0.5, 0.6) is 0 Å². The van der Waals surface area contributed by atoms with E-state index in [1.165, 1.54) is 6.26 Å². The van der Waals surface area contributed by atoms with Gasteiger partial charge in [0, 0.05) is 17.0 Å². The van der Waals surface area contributed by atoms with Crippen LogP contribution in [-0.4, -0.2) is 23.5 Å². The molecule has 128 valence electrons. The molecule has 0 saturated carbocycles. The van der Waals surface area contributed by atoms with Gasteiger partial charge in [-0.1, -0.05) is 0 Å². The molecule has 3 rings (SSSR count). The molecule has 0 aliphatic carbocycles. The van der Waals surface area contributed by atoms with Gasteiger partial charge in [-0.15, -0.1) is 11.3 Å². The van der Waals surface area contributed by atoms with Crippen LogP contribution in [0, 0.1) is 6.92 Å². The predicted octanol–water partition coefficient (Wildman–Crippen LogP) is 3.70. The molecule has 6 nitrogen and oxygen atoms in total. The average molecular weight is 356 g/mol. The second kappa shape index (κ2) is 7.76. The number of amides is 1. The van der Waals surface area contributed by atoms with Gasteiger partial charge in [-0.2, -0.15) is 0 Å². The van der Waals surface area contributed by atoms with Crippen molar-refractivity contribution in [1.82, 2.24) is 4.98 Å². The molecule has 0 bridgehead atoms. The number of esters is 1. The van der Waals surface area contributed by atoms with Crippen LogP contribution in [0.3, 0.4) is 0 Å². The van der Waals surface area contributed by atoms with E-state index in [0.29, 0.717) is 24.3 Å². The zero-order valence-electron chi connectivity index (χ0n) is 13.5. The molecule has 0 atom stereocenters. The van der Waals surface area contributed by atoms with Crippen LogP contribution in [-0.2, 0) is 11.2 Å². The zero-order valence-corrected chi connectivity index (χ0v) is 14.3. The lowest BCUT2D eigenvalue weighted by atomic mass is 10.2. The summed E-state index contributed by atoms with van der Waals surface area (Å²) in [5.74, 6) is -0.520. The van der Waals surface area contributed by atoms with Crippen LogP contribution in [0.15, 0.2) is 52.6 Å². The van der Waals surface area contributed by atoms with Gasteiger partial charge in [0.15, 0.2) is 5.76 Å². The van der Waals surface area contributed by atoms with Crippen molar-refractivity contribution in [3.63, 3.8) is 0 Å². The Morgan fingerprint density at radius 3 is 2.68 bits per heavy atom. The predicted molar refractivity (Wildman–Crippen MR) is 93.9 cm³/mol. The summed E-state index contributed by atoms with van der Waals surface area (Å²) in [5, 5.41) is 2.69. The minimum absolute atomic E-state index is 0.224. The Labute approximate surface area is 148 Å². The highest BCUT2D eigenvalue weighted by molar-refractivity contribution is 7.09. The fraction of sp³-hybridized carbons (Fsp3) is 0.167. The number of nitrogens with zero attached hydrogens (tertiary/aromatic N) is 1. The first-order valence-electron chi connectivity index (χ1n) is 7.64. The Morgan fingerprint density at radius 1 is 1.24 bits per heavy atom. The van der Waals surface area contributed by atoms with Crippen LogP contribution in [0.4, 0.5) is 5.69 Å². The second-order valence-electron chi connectivity index (χ2n) is 5.26. The average Bonchev–Trinajstić information content (AvgIpc) is 3.28. The molecule has 0 aliphatic rings. The van der Waals surface area contributed by atoms with Crippen molar-refractivity contribution in [2.24, 2.45) is 0 Å². The van der Waals surface area contributed by atoms with Crippen molar-refractivity contribution in [1.29, 1.82) is 0 Å². The number of benzene rings is 1. The van der Waals surface area contributed by atoms with Crippen molar-refractivity contribution in [3.8, 4) is 0 Å². The molecule has 2 aromatic heterocycles. The van der Waals surface area contributed by atoms with E-state index in [1.807, 2.05) is 6.92 Å². The maximum Gasteiger partial charge on any atom is 0.338 e. The molecule has 0 unspecified atom stereocenters. The van der Waals surface area contributed by atoms with E-state index in [1.54, 1.807) is 53.2 Å². The number of furan rings is 1. The summed E-state index contributed by atoms with van der Waals surface area (Å²) in [5.41, 5.74) is 3.75. The summed E-state index contributed by atoms with van der Waals surface area (Å²) in [4.78, 5) is 29.2. The summed E-state index contributed by atoms with van der Waals surface area (Å²) in [6.45, 7) is 2.24. The van der Waals surface area contributed by atoms with E-state index >= 15 is 0 Å². The Kier molecular flexibility index (Phi) is 5.25. The SMILES string of the molecule is Cc1ncsc1CCOC(=O)c1ccc(NC(=O)c2ccco2)cc1. The van der Waals surface area contributed by atoms with Crippen LogP contribution in [0.1, 0.15) is 31.5 Å². The maximum atomic E-state index is 12.0. The maximum absolute atomic E-state index is 12.0. The molecule has 0 saturated heterocycles. The van der Waals surface area contributed by atoms with Gasteiger partial charge in [0.2, 0.25) is 0 Å². The van der Waals surface area contributed by atoms with E-state index < -0.39 is 5.97 Å². The normalized spacial score (nSPS) is 10.4. The van der Waals surface area contributed by atoms with Crippen LogP contribution in [0.2, 0.25) is 0 Å². The number of anilines is 1. The van der Waals surface area contributed by atoms with E-state index in [9.17, 15) is 9.59 Å². The molecule has 0 spiro atoms. The summed E-state index contributed by atoms with van der Waals surface area (Å²) in [7, 11) is 0. The minimum Gasteiger partial charge on any atom is -0.462 e. The number of carbonyl (C=O) groups is 2. The Hall–Kier alpha value is -2.93. The van der Waals surface area contributed by atoms with Crippen LogP contribution >= 0.6 is 11.3 Å². The zero-order chi connectivity index (χ0) is 17.6. The number of carbonyl (C=O) groups excluding carboxylic acids is 2. The smallest absolute Gasteiger partial charge is 0.338 e. The molecule has 0 fully saturated rings.